The lowest BCUT2D eigenvalue weighted by molar-refractivity contribution is 0.324. The van der Waals surface area contributed by atoms with Gasteiger partial charge in [0.25, 0.3) is 0 Å². The molecule has 0 bridgehead atoms. The molecule has 0 aromatic carbocycles. The van der Waals surface area contributed by atoms with Crippen molar-refractivity contribution in [2.75, 3.05) is 41.3 Å². The van der Waals surface area contributed by atoms with E-state index in [1.165, 1.54) is 0 Å². The molecule has 8 heteroatoms. The number of rotatable bonds is 3. The average Bonchev–Trinajstić information content (AvgIpc) is 2.04. The number of hydrogen-bond donors (Lipinski definition) is 3. The Balaban J connectivity index is -0.000000147. The first-order chi connectivity index (χ1) is 6.71. The van der Waals surface area contributed by atoms with Gasteiger partial charge in [0, 0.05) is 0 Å². The van der Waals surface area contributed by atoms with Crippen LogP contribution in [-0.2, 0) is 14.6 Å². The summed E-state index contributed by atoms with van der Waals surface area (Å²) in [5.41, 5.74) is 10.1. The van der Waals surface area contributed by atoms with E-state index >= 15 is 0 Å². The number of nitrogens with two attached hydrogens (primary N) is 2. The smallest absolute Gasteiger partial charge is 0.330 e. The van der Waals surface area contributed by atoms with Gasteiger partial charge < -0.3 is 16.4 Å². The van der Waals surface area contributed by atoms with Crippen LogP contribution in [0.4, 0.5) is 0 Å². The predicted molar refractivity (Wildman–Crippen MR) is 60.9 cm³/mol. The van der Waals surface area contributed by atoms with Crippen molar-refractivity contribution in [1.82, 2.24) is 4.90 Å². The Bertz CT molecular complexity index is 190. The first-order valence-electron chi connectivity index (χ1n) is 4.25. The van der Waals surface area contributed by atoms with Gasteiger partial charge in [0.05, 0.1) is 7.11 Å². The second kappa shape index (κ2) is 13.8. The topological polar surface area (TPSA) is 119 Å². The monoisotopic (exact) mass is 245 g/mol. The summed E-state index contributed by atoms with van der Waals surface area (Å²) in [6.07, 6.45) is 0.944. The van der Waals surface area contributed by atoms with Gasteiger partial charge in [-0.05, 0) is 40.7 Å². The van der Waals surface area contributed by atoms with Gasteiger partial charge >= 0.3 is 10.4 Å². The van der Waals surface area contributed by atoms with Gasteiger partial charge in [-0.2, -0.15) is 8.42 Å². The van der Waals surface area contributed by atoms with Crippen molar-refractivity contribution in [3.8, 4) is 0 Å². The quantitative estimate of drug-likeness (QED) is 0.540. The standard InChI is InChI=1S/C3H10N2.C3H9N.CH4O4S/c4-2-1-3-5;1-4(2)3;1-5-6(2,3)4/h1-5H2;1-3H3;1H3,(H,2,3,4). The summed E-state index contributed by atoms with van der Waals surface area (Å²) in [5, 5.41) is 0. The highest BCUT2D eigenvalue weighted by atomic mass is 32.3. The lowest BCUT2D eigenvalue weighted by atomic mass is 10.4. The Morgan fingerprint density at radius 1 is 1.20 bits per heavy atom. The molecule has 5 N–H and O–H groups in total. The van der Waals surface area contributed by atoms with Gasteiger partial charge in [0.1, 0.15) is 0 Å². The zero-order valence-corrected chi connectivity index (χ0v) is 10.6. The maximum atomic E-state index is 9.33. The highest BCUT2D eigenvalue weighted by Gasteiger charge is 1.94. The van der Waals surface area contributed by atoms with Crippen molar-refractivity contribution in [1.29, 1.82) is 0 Å². The van der Waals surface area contributed by atoms with Crippen LogP contribution in [0.3, 0.4) is 0 Å². The molecule has 0 aliphatic carbocycles. The zero-order valence-electron chi connectivity index (χ0n) is 9.80. The fourth-order valence-corrected chi connectivity index (χ4v) is 0.118. The van der Waals surface area contributed by atoms with E-state index in [2.05, 4.69) is 4.18 Å². The molecule has 0 rings (SSSR count). The molecule has 0 saturated heterocycles. The molecule has 0 amide bonds. The number of hydrogen-bond acceptors (Lipinski definition) is 6. The molecule has 0 saturated carbocycles. The molecular weight excluding hydrogens is 222 g/mol. The first-order valence-corrected chi connectivity index (χ1v) is 5.61. The summed E-state index contributed by atoms with van der Waals surface area (Å²) in [6.45, 7) is 1.44. The zero-order chi connectivity index (χ0) is 12.9. The van der Waals surface area contributed by atoms with Crippen LogP contribution in [0.25, 0.3) is 0 Å². The van der Waals surface area contributed by atoms with E-state index in [0.29, 0.717) is 0 Å². The van der Waals surface area contributed by atoms with E-state index in [1.807, 2.05) is 26.0 Å². The SMILES string of the molecule is CN(C)C.COS(=O)(=O)O.NCCCN. The van der Waals surface area contributed by atoms with E-state index in [-0.39, 0.29) is 0 Å². The third-order valence-electron chi connectivity index (χ3n) is 0.619. The van der Waals surface area contributed by atoms with Crippen molar-refractivity contribution in [3.05, 3.63) is 0 Å². The molecule has 7 nitrogen and oxygen atoms in total. The minimum absolute atomic E-state index is 0.719. The van der Waals surface area contributed by atoms with Crippen LogP contribution in [0.15, 0.2) is 0 Å². The van der Waals surface area contributed by atoms with Crippen LogP contribution >= 0.6 is 0 Å². The fourth-order valence-electron chi connectivity index (χ4n) is 0.118. The molecule has 0 atom stereocenters. The maximum absolute atomic E-state index is 9.33. The molecule has 0 fully saturated rings. The lowest BCUT2D eigenvalue weighted by Crippen LogP contribution is -2.06. The number of nitrogens with zero attached hydrogens (tertiary/aromatic N) is 1. The molecule has 0 radical (unpaired) electrons. The van der Waals surface area contributed by atoms with Gasteiger partial charge in [-0.3, -0.25) is 8.74 Å². The van der Waals surface area contributed by atoms with E-state index in [0.717, 1.165) is 26.6 Å². The summed E-state index contributed by atoms with van der Waals surface area (Å²) in [6, 6.07) is 0. The third-order valence-corrected chi connectivity index (χ3v) is 1.04. The van der Waals surface area contributed by atoms with Crippen LogP contribution in [0.5, 0.6) is 0 Å². The molecule has 0 spiro atoms. The maximum Gasteiger partial charge on any atom is 0.397 e. The Morgan fingerprint density at radius 3 is 1.40 bits per heavy atom. The summed E-state index contributed by atoms with van der Waals surface area (Å²) >= 11 is 0. The minimum atomic E-state index is -4.16. The van der Waals surface area contributed by atoms with Crippen molar-refractivity contribution in [3.63, 3.8) is 0 Å². The summed E-state index contributed by atoms with van der Waals surface area (Å²) < 4.78 is 29.7. The molecule has 0 aromatic rings. The normalized spacial score (nSPS) is 9.87. The first kappa shape index (κ1) is 20.2. The largest absolute Gasteiger partial charge is 0.397 e. The van der Waals surface area contributed by atoms with Crippen LogP contribution in [0.2, 0.25) is 0 Å². The van der Waals surface area contributed by atoms with E-state index in [9.17, 15) is 8.42 Å². The fraction of sp³-hybridized carbons (Fsp3) is 1.00. The molecule has 0 aromatic heterocycles. The van der Waals surface area contributed by atoms with Gasteiger partial charge in [0.2, 0.25) is 0 Å². The van der Waals surface area contributed by atoms with Crippen LogP contribution in [0.1, 0.15) is 6.42 Å². The molecule has 0 heterocycles. The molecule has 0 aliphatic rings. The van der Waals surface area contributed by atoms with Crippen molar-refractivity contribution >= 4 is 10.4 Å². The molecule has 96 valence electrons. The highest BCUT2D eigenvalue weighted by molar-refractivity contribution is 7.80. The van der Waals surface area contributed by atoms with Crippen LogP contribution in [0, 0.1) is 0 Å². The second-order valence-corrected chi connectivity index (χ2v) is 4.06. The van der Waals surface area contributed by atoms with Crippen LogP contribution in [-0.4, -0.2) is 59.2 Å². The van der Waals surface area contributed by atoms with E-state index in [1.54, 1.807) is 0 Å². The van der Waals surface area contributed by atoms with Crippen molar-refractivity contribution in [2.45, 2.75) is 6.42 Å². The highest BCUT2D eigenvalue weighted by Crippen LogP contribution is 1.74. The average molecular weight is 245 g/mol. The Morgan fingerprint density at radius 2 is 1.40 bits per heavy atom. The Labute approximate surface area is 92.3 Å². The lowest BCUT2D eigenvalue weighted by Gasteiger charge is -1.90. The van der Waals surface area contributed by atoms with Crippen molar-refractivity contribution < 1.29 is 17.2 Å². The Hall–Kier alpha value is -0.250. The van der Waals surface area contributed by atoms with Crippen molar-refractivity contribution in [2.24, 2.45) is 11.5 Å². The summed E-state index contributed by atoms with van der Waals surface area (Å²) in [5.74, 6) is 0. The Kier molecular flexibility index (Phi) is 18.5. The third kappa shape index (κ3) is 84.1. The van der Waals surface area contributed by atoms with Gasteiger partial charge in [-0.25, -0.2) is 0 Å². The van der Waals surface area contributed by atoms with E-state index < -0.39 is 10.4 Å². The summed E-state index contributed by atoms with van der Waals surface area (Å²) in [4.78, 5) is 2.00. The minimum Gasteiger partial charge on any atom is -0.330 e. The molecule has 15 heavy (non-hydrogen) atoms. The van der Waals surface area contributed by atoms with E-state index in [4.69, 9.17) is 16.0 Å². The van der Waals surface area contributed by atoms with Crippen LogP contribution < -0.4 is 11.5 Å². The molecule has 0 aliphatic heterocycles. The van der Waals surface area contributed by atoms with Gasteiger partial charge in [0.15, 0.2) is 0 Å². The van der Waals surface area contributed by atoms with Gasteiger partial charge in [-0.1, -0.05) is 0 Å². The second-order valence-electron chi connectivity index (χ2n) is 2.87. The molecule has 0 unspecified atom stereocenters. The summed E-state index contributed by atoms with van der Waals surface area (Å²) in [7, 11) is 2.71. The molecular formula is C7H23N3O4S. The predicted octanol–water partition coefficient (Wildman–Crippen LogP) is -1.09. The van der Waals surface area contributed by atoms with Gasteiger partial charge in [-0.15, -0.1) is 0 Å².